The van der Waals surface area contributed by atoms with Gasteiger partial charge >= 0.3 is 6.03 Å². The van der Waals surface area contributed by atoms with Gasteiger partial charge in [-0.3, -0.25) is 4.79 Å². The highest BCUT2D eigenvalue weighted by Crippen LogP contribution is 2.18. The number of piperidine rings is 1. The molecule has 2 rings (SSSR count). The van der Waals surface area contributed by atoms with Crippen molar-refractivity contribution in [3.8, 4) is 0 Å². The fraction of sp³-hybridized carbons (Fsp3) is 0.818. The Morgan fingerprint density at radius 3 is 2.56 bits per heavy atom. The van der Waals surface area contributed by atoms with Crippen LogP contribution in [0.1, 0.15) is 26.2 Å². The maximum absolute atomic E-state index is 11.5. The van der Waals surface area contributed by atoms with Gasteiger partial charge in [0.15, 0.2) is 0 Å². The smallest absolute Gasteiger partial charge is 0.317 e. The number of carbonyl (C=O) groups is 2. The second-order valence-electron chi connectivity index (χ2n) is 4.39. The highest BCUT2D eigenvalue weighted by Gasteiger charge is 2.31. The molecule has 0 aromatic rings. The van der Waals surface area contributed by atoms with Crippen molar-refractivity contribution in [2.45, 2.75) is 32.2 Å². The number of carbonyl (C=O) groups excluding carboxylic acids is 2. The van der Waals surface area contributed by atoms with Gasteiger partial charge in [0.05, 0.1) is 0 Å². The predicted octanol–water partition coefficient (Wildman–Crippen LogP) is 0.413. The van der Waals surface area contributed by atoms with Crippen molar-refractivity contribution in [3.05, 3.63) is 0 Å². The summed E-state index contributed by atoms with van der Waals surface area (Å²) in [5.41, 5.74) is 0. The van der Waals surface area contributed by atoms with Crippen molar-refractivity contribution in [1.82, 2.24) is 15.1 Å². The summed E-state index contributed by atoms with van der Waals surface area (Å²) in [6.07, 6.45) is 2.41. The van der Waals surface area contributed by atoms with E-state index in [1.165, 1.54) is 0 Å². The van der Waals surface area contributed by atoms with Crippen LogP contribution in [0.5, 0.6) is 0 Å². The van der Waals surface area contributed by atoms with Crippen LogP contribution in [0.25, 0.3) is 0 Å². The first-order valence-corrected chi connectivity index (χ1v) is 6.04. The van der Waals surface area contributed by atoms with Crippen LogP contribution in [0.4, 0.5) is 4.79 Å². The molecule has 2 saturated heterocycles. The Hall–Kier alpha value is -1.26. The highest BCUT2D eigenvalue weighted by molar-refractivity contribution is 5.77. The molecule has 0 aliphatic carbocycles. The minimum absolute atomic E-state index is 0.0558. The maximum atomic E-state index is 11.5. The molecule has 0 bridgehead atoms. The molecule has 1 N–H and O–H groups in total. The summed E-state index contributed by atoms with van der Waals surface area (Å²) in [5.74, 6) is 0.226. The molecule has 0 aromatic carbocycles. The summed E-state index contributed by atoms with van der Waals surface area (Å²) < 4.78 is 0. The van der Waals surface area contributed by atoms with E-state index in [1.807, 2.05) is 16.7 Å². The van der Waals surface area contributed by atoms with Crippen molar-refractivity contribution in [2.24, 2.45) is 0 Å². The first-order chi connectivity index (χ1) is 7.72. The summed E-state index contributed by atoms with van der Waals surface area (Å²) in [4.78, 5) is 26.8. The molecule has 2 heterocycles. The summed E-state index contributed by atoms with van der Waals surface area (Å²) in [6, 6.07) is 0.378. The number of likely N-dealkylation sites (tertiary alicyclic amines) is 1. The number of nitrogens with one attached hydrogen (secondary N) is 1. The number of nitrogens with zero attached hydrogens (tertiary/aromatic N) is 2. The second kappa shape index (κ2) is 4.72. The zero-order valence-electron chi connectivity index (χ0n) is 9.74. The van der Waals surface area contributed by atoms with E-state index in [4.69, 9.17) is 0 Å². The molecule has 0 aromatic heterocycles. The van der Waals surface area contributed by atoms with Gasteiger partial charge < -0.3 is 15.1 Å². The molecule has 3 amide bonds. The average Bonchev–Trinajstić information content (AvgIpc) is 2.75. The number of hydrogen-bond donors (Lipinski definition) is 1. The molecule has 2 aliphatic heterocycles. The van der Waals surface area contributed by atoms with Crippen molar-refractivity contribution in [2.75, 3.05) is 26.2 Å². The molecule has 0 radical (unpaired) electrons. The first kappa shape index (κ1) is 11.2. The van der Waals surface area contributed by atoms with E-state index < -0.39 is 0 Å². The lowest BCUT2D eigenvalue weighted by Crippen LogP contribution is -2.47. The maximum Gasteiger partial charge on any atom is 0.317 e. The van der Waals surface area contributed by atoms with Crippen LogP contribution in [0.15, 0.2) is 0 Å². The summed E-state index contributed by atoms with van der Waals surface area (Å²) in [7, 11) is 0. The molecule has 0 atom stereocenters. The van der Waals surface area contributed by atoms with E-state index in [0.29, 0.717) is 12.5 Å². The van der Waals surface area contributed by atoms with Gasteiger partial charge in [0.25, 0.3) is 0 Å². The van der Waals surface area contributed by atoms with Crippen LogP contribution < -0.4 is 5.32 Å². The Labute approximate surface area is 95.8 Å². The highest BCUT2D eigenvalue weighted by atomic mass is 16.2. The van der Waals surface area contributed by atoms with Crippen molar-refractivity contribution < 1.29 is 9.59 Å². The molecule has 0 saturated carbocycles. The third-order valence-corrected chi connectivity index (χ3v) is 3.45. The molecular formula is C11H19N3O2. The third kappa shape index (κ3) is 2.13. The molecule has 90 valence electrons. The van der Waals surface area contributed by atoms with E-state index in [1.54, 1.807) is 0 Å². The van der Waals surface area contributed by atoms with Crippen LogP contribution in [-0.4, -0.2) is 54.0 Å². The van der Waals surface area contributed by atoms with Gasteiger partial charge in [-0.25, -0.2) is 4.79 Å². The molecular weight excluding hydrogens is 206 g/mol. The minimum Gasteiger partial charge on any atom is -0.343 e. The van der Waals surface area contributed by atoms with Crippen LogP contribution in [0, 0.1) is 0 Å². The van der Waals surface area contributed by atoms with Crippen LogP contribution >= 0.6 is 0 Å². The molecule has 5 heteroatoms. The van der Waals surface area contributed by atoms with Gasteiger partial charge in [-0.2, -0.15) is 0 Å². The monoisotopic (exact) mass is 225 g/mol. The minimum atomic E-state index is 0.0558. The average molecular weight is 225 g/mol. The quantitative estimate of drug-likeness (QED) is 0.740. The molecule has 16 heavy (non-hydrogen) atoms. The zero-order valence-corrected chi connectivity index (χ0v) is 9.74. The fourth-order valence-corrected chi connectivity index (χ4v) is 2.49. The topological polar surface area (TPSA) is 52.7 Å². The number of hydrogen-bond acceptors (Lipinski definition) is 2. The lowest BCUT2D eigenvalue weighted by molar-refractivity contribution is -0.132. The Morgan fingerprint density at radius 1 is 1.38 bits per heavy atom. The standard InChI is InChI=1S/C11H19N3O2/c1-2-10(15)13-6-3-9(4-7-13)14-8-5-12-11(14)16/h9H,2-8H2,1H3,(H,12,16). The van der Waals surface area contributed by atoms with Crippen molar-refractivity contribution in [1.29, 1.82) is 0 Å². The van der Waals surface area contributed by atoms with E-state index in [-0.39, 0.29) is 11.9 Å². The summed E-state index contributed by atoms with van der Waals surface area (Å²) in [5, 5.41) is 2.82. The summed E-state index contributed by atoms with van der Waals surface area (Å²) >= 11 is 0. The first-order valence-electron chi connectivity index (χ1n) is 6.04. The van der Waals surface area contributed by atoms with Gasteiger partial charge in [-0.15, -0.1) is 0 Å². The predicted molar refractivity (Wildman–Crippen MR) is 60.0 cm³/mol. The lowest BCUT2D eigenvalue weighted by atomic mass is 10.0. The Balaban J connectivity index is 1.85. The molecule has 5 nitrogen and oxygen atoms in total. The van der Waals surface area contributed by atoms with Gasteiger partial charge in [-0.1, -0.05) is 6.92 Å². The fourth-order valence-electron chi connectivity index (χ4n) is 2.49. The Kier molecular flexibility index (Phi) is 3.31. The van der Waals surface area contributed by atoms with Crippen molar-refractivity contribution in [3.63, 3.8) is 0 Å². The van der Waals surface area contributed by atoms with E-state index >= 15 is 0 Å². The molecule has 0 unspecified atom stereocenters. The second-order valence-corrected chi connectivity index (χ2v) is 4.39. The number of amides is 3. The Morgan fingerprint density at radius 2 is 2.06 bits per heavy atom. The number of urea groups is 1. The molecule has 2 fully saturated rings. The van der Waals surface area contributed by atoms with Gasteiger partial charge in [0, 0.05) is 38.6 Å². The largest absolute Gasteiger partial charge is 0.343 e. The van der Waals surface area contributed by atoms with Crippen LogP contribution in [0.2, 0.25) is 0 Å². The Bertz CT molecular complexity index is 285. The number of rotatable bonds is 2. The zero-order chi connectivity index (χ0) is 11.5. The lowest BCUT2D eigenvalue weighted by Gasteiger charge is -2.36. The van der Waals surface area contributed by atoms with Crippen LogP contribution in [0.3, 0.4) is 0 Å². The van der Waals surface area contributed by atoms with Crippen LogP contribution in [-0.2, 0) is 4.79 Å². The molecule has 2 aliphatic rings. The van der Waals surface area contributed by atoms with E-state index in [0.717, 1.165) is 39.0 Å². The SMILES string of the molecule is CCC(=O)N1CCC(N2CCNC2=O)CC1. The molecule has 0 spiro atoms. The third-order valence-electron chi connectivity index (χ3n) is 3.45. The van der Waals surface area contributed by atoms with Crippen molar-refractivity contribution >= 4 is 11.9 Å². The van der Waals surface area contributed by atoms with E-state index in [9.17, 15) is 9.59 Å². The van der Waals surface area contributed by atoms with Gasteiger partial charge in [0.2, 0.25) is 5.91 Å². The summed E-state index contributed by atoms with van der Waals surface area (Å²) in [6.45, 7) is 5.04. The van der Waals surface area contributed by atoms with Gasteiger partial charge in [-0.05, 0) is 12.8 Å². The van der Waals surface area contributed by atoms with Gasteiger partial charge in [0.1, 0.15) is 0 Å². The normalized spacial score (nSPS) is 22.4. The van der Waals surface area contributed by atoms with E-state index in [2.05, 4.69) is 5.32 Å².